The van der Waals surface area contributed by atoms with Gasteiger partial charge in [0.05, 0.1) is 0 Å². The van der Waals surface area contributed by atoms with Gasteiger partial charge in [-0.2, -0.15) is 0 Å². The smallest absolute Gasteiger partial charge is 0.341 e. The van der Waals surface area contributed by atoms with Gasteiger partial charge in [0.25, 0.3) is 5.91 Å². The van der Waals surface area contributed by atoms with Gasteiger partial charge >= 0.3 is 5.97 Å². The molecule has 2 N–H and O–H groups in total. The number of amides is 1. The van der Waals surface area contributed by atoms with Crippen molar-refractivity contribution in [2.45, 2.75) is 11.5 Å². The van der Waals surface area contributed by atoms with Crippen LogP contribution in [0.3, 0.4) is 0 Å². The van der Waals surface area contributed by atoms with Crippen LogP contribution in [0.15, 0.2) is 45.9 Å². The van der Waals surface area contributed by atoms with E-state index in [1.165, 1.54) is 12.1 Å². The lowest BCUT2D eigenvalue weighted by molar-refractivity contribution is -0.139. The second kappa shape index (κ2) is 7.84. The number of carboxylic acids is 1. The molecular formula is C16H17NO7S. The molecule has 9 heteroatoms. The molecule has 0 aliphatic carbocycles. The maximum atomic E-state index is 11.9. The minimum absolute atomic E-state index is 0.0714. The number of rotatable bonds is 8. The van der Waals surface area contributed by atoms with Gasteiger partial charge in [-0.05, 0) is 36.2 Å². The average molecular weight is 367 g/mol. The molecule has 1 aromatic carbocycles. The summed E-state index contributed by atoms with van der Waals surface area (Å²) >= 11 is 0. The Kier molecular flexibility index (Phi) is 5.81. The van der Waals surface area contributed by atoms with Crippen molar-refractivity contribution in [2.24, 2.45) is 0 Å². The van der Waals surface area contributed by atoms with Crippen LogP contribution in [-0.4, -0.2) is 44.8 Å². The van der Waals surface area contributed by atoms with Crippen LogP contribution in [0.5, 0.6) is 5.75 Å². The molecule has 1 heterocycles. The van der Waals surface area contributed by atoms with Gasteiger partial charge in [0, 0.05) is 12.8 Å². The highest BCUT2D eigenvalue weighted by molar-refractivity contribution is 7.90. The largest absolute Gasteiger partial charge is 0.482 e. The maximum Gasteiger partial charge on any atom is 0.341 e. The first-order valence-electron chi connectivity index (χ1n) is 7.27. The van der Waals surface area contributed by atoms with E-state index < -0.39 is 28.3 Å². The van der Waals surface area contributed by atoms with Crippen LogP contribution in [0.25, 0.3) is 0 Å². The maximum absolute atomic E-state index is 11.9. The van der Waals surface area contributed by atoms with E-state index in [-0.39, 0.29) is 10.9 Å². The SMILES string of the molecule is CS(=O)(=O)c1ccc(C(=O)NCCc2ccc(OCC(=O)O)cc2)o1. The first-order chi connectivity index (χ1) is 11.8. The van der Waals surface area contributed by atoms with Crippen molar-refractivity contribution in [2.75, 3.05) is 19.4 Å². The number of carbonyl (C=O) groups is 2. The molecular weight excluding hydrogens is 350 g/mol. The van der Waals surface area contributed by atoms with Crippen LogP contribution in [0.4, 0.5) is 0 Å². The number of furan rings is 1. The molecule has 0 bridgehead atoms. The minimum Gasteiger partial charge on any atom is -0.482 e. The number of benzene rings is 1. The molecule has 8 nitrogen and oxygen atoms in total. The molecule has 25 heavy (non-hydrogen) atoms. The topological polar surface area (TPSA) is 123 Å². The first-order valence-corrected chi connectivity index (χ1v) is 9.16. The summed E-state index contributed by atoms with van der Waals surface area (Å²) in [5.74, 6) is -1.18. The molecule has 1 amide bonds. The van der Waals surface area contributed by atoms with Gasteiger partial charge in [-0.15, -0.1) is 0 Å². The quantitative estimate of drug-likeness (QED) is 0.716. The summed E-state index contributed by atoms with van der Waals surface area (Å²) in [4.78, 5) is 22.3. The zero-order chi connectivity index (χ0) is 18.4. The molecule has 0 aliphatic rings. The van der Waals surface area contributed by atoms with Gasteiger partial charge < -0.3 is 19.6 Å². The van der Waals surface area contributed by atoms with E-state index >= 15 is 0 Å². The summed E-state index contributed by atoms with van der Waals surface area (Å²) in [6.07, 6.45) is 1.53. The standard InChI is InChI=1S/C16H17NO7S/c1-25(21,22)15-7-6-13(24-15)16(20)17-9-8-11-2-4-12(5-3-11)23-10-14(18)19/h2-7H,8-10H2,1H3,(H,17,20)(H,18,19). The van der Waals surface area contributed by atoms with Crippen molar-refractivity contribution >= 4 is 21.7 Å². The van der Waals surface area contributed by atoms with E-state index in [0.29, 0.717) is 18.7 Å². The minimum atomic E-state index is -3.49. The van der Waals surface area contributed by atoms with E-state index in [9.17, 15) is 18.0 Å². The van der Waals surface area contributed by atoms with Gasteiger partial charge in [0.2, 0.25) is 14.9 Å². The van der Waals surface area contributed by atoms with Crippen LogP contribution < -0.4 is 10.1 Å². The Bertz CT molecular complexity index is 853. The average Bonchev–Trinajstić information content (AvgIpc) is 3.04. The number of nitrogens with one attached hydrogen (secondary N) is 1. The van der Waals surface area contributed by atoms with Crippen molar-refractivity contribution in [3.05, 3.63) is 47.7 Å². The highest BCUT2D eigenvalue weighted by atomic mass is 32.2. The molecule has 0 saturated carbocycles. The Morgan fingerprint density at radius 3 is 2.40 bits per heavy atom. The third kappa shape index (κ3) is 5.64. The fraction of sp³-hybridized carbons (Fsp3) is 0.250. The molecule has 0 unspecified atom stereocenters. The summed E-state index contributed by atoms with van der Waals surface area (Å²) in [6.45, 7) is -0.0862. The summed E-state index contributed by atoms with van der Waals surface area (Å²) in [5.41, 5.74) is 0.916. The number of aliphatic carboxylic acids is 1. The van der Waals surface area contributed by atoms with Crippen molar-refractivity contribution in [3.8, 4) is 5.75 Å². The van der Waals surface area contributed by atoms with Gasteiger partial charge in [-0.3, -0.25) is 4.79 Å². The van der Waals surface area contributed by atoms with Gasteiger partial charge in [-0.25, -0.2) is 13.2 Å². The predicted octanol–water partition coefficient (Wildman–Crippen LogP) is 1.12. The molecule has 0 atom stereocenters. The lowest BCUT2D eigenvalue weighted by Gasteiger charge is -2.06. The highest BCUT2D eigenvalue weighted by Gasteiger charge is 2.16. The Morgan fingerprint density at radius 2 is 1.84 bits per heavy atom. The Labute approximate surface area is 144 Å². The zero-order valence-corrected chi connectivity index (χ0v) is 14.2. The van der Waals surface area contributed by atoms with Gasteiger partial charge in [0.15, 0.2) is 12.4 Å². The van der Waals surface area contributed by atoms with Crippen molar-refractivity contribution in [3.63, 3.8) is 0 Å². The molecule has 2 aromatic rings. The normalized spacial score (nSPS) is 11.1. The summed E-state index contributed by atoms with van der Waals surface area (Å²) in [7, 11) is -3.49. The summed E-state index contributed by atoms with van der Waals surface area (Å²) < 4.78 is 32.7. The van der Waals surface area contributed by atoms with Gasteiger partial charge in [0.1, 0.15) is 5.75 Å². The molecule has 0 saturated heterocycles. The van der Waals surface area contributed by atoms with Gasteiger partial charge in [-0.1, -0.05) is 12.1 Å². The second-order valence-corrected chi connectivity index (χ2v) is 7.17. The monoisotopic (exact) mass is 367 g/mol. The van der Waals surface area contributed by atoms with Crippen molar-refractivity contribution in [1.29, 1.82) is 0 Å². The van der Waals surface area contributed by atoms with E-state index in [2.05, 4.69) is 5.32 Å². The molecule has 134 valence electrons. The van der Waals surface area contributed by atoms with Crippen LogP contribution in [0.2, 0.25) is 0 Å². The van der Waals surface area contributed by atoms with E-state index in [1.54, 1.807) is 24.3 Å². The van der Waals surface area contributed by atoms with Crippen LogP contribution in [0.1, 0.15) is 16.1 Å². The number of carboxylic acid groups (broad SMARTS) is 1. The van der Waals surface area contributed by atoms with E-state index in [1.807, 2.05) is 0 Å². The summed E-state index contributed by atoms with van der Waals surface area (Å²) in [6, 6.07) is 9.35. The van der Waals surface area contributed by atoms with Crippen LogP contribution in [-0.2, 0) is 21.1 Å². The number of sulfone groups is 1. The molecule has 2 rings (SSSR count). The third-order valence-electron chi connectivity index (χ3n) is 3.16. The highest BCUT2D eigenvalue weighted by Crippen LogP contribution is 2.14. The number of hydrogen-bond donors (Lipinski definition) is 2. The fourth-order valence-corrected chi connectivity index (χ4v) is 2.50. The lowest BCUT2D eigenvalue weighted by Crippen LogP contribution is -2.25. The second-order valence-electron chi connectivity index (χ2n) is 5.22. The van der Waals surface area contributed by atoms with Crippen molar-refractivity contribution < 1.29 is 32.3 Å². The molecule has 0 fully saturated rings. The Morgan fingerprint density at radius 1 is 1.16 bits per heavy atom. The zero-order valence-electron chi connectivity index (χ0n) is 13.4. The lowest BCUT2D eigenvalue weighted by atomic mass is 10.1. The number of hydrogen-bond acceptors (Lipinski definition) is 6. The van der Waals surface area contributed by atoms with Crippen LogP contribution in [0, 0.1) is 0 Å². The molecule has 0 radical (unpaired) electrons. The van der Waals surface area contributed by atoms with E-state index in [4.69, 9.17) is 14.3 Å². The Balaban J connectivity index is 1.83. The number of ether oxygens (including phenoxy) is 1. The fourth-order valence-electron chi connectivity index (χ4n) is 1.95. The Hall–Kier alpha value is -2.81. The first kappa shape index (κ1) is 18.5. The third-order valence-corrected chi connectivity index (χ3v) is 4.11. The number of carbonyl (C=O) groups excluding carboxylic acids is 1. The van der Waals surface area contributed by atoms with E-state index in [0.717, 1.165) is 11.8 Å². The molecule has 0 aliphatic heterocycles. The van der Waals surface area contributed by atoms with Crippen LogP contribution >= 0.6 is 0 Å². The summed E-state index contributed by atoms with van der Waals surface area (Å²) in [5, 5.41) is 10.9. The molecule has 0 spiro atoms. The van der Waals surface area contributed by atoms with Crippen molar-refractivity contribution in [1.82, 2.24) is 5.32 Å². The molecule has 1 aromatic heterocycles. The predicted molar refractivity (Wildman–Crippen MR) is 87.4 cm³/mol.